The van der Waals surface area contributed by atoms with E-state index in [0.717, 1.165) is 5.56 Å². The van der Waals surface area contributed by atoms with Crippen molar-refractivity contribution in [2.24, 2.45) is 0 Å². The average molecular weight is 319 g/mol. The van der Waals surface area contributed by atoms with Crippen molar-refractivity contribution in [1.82, 2.24) is 9.78 Å². The molecule has 7 heteroatoms. The van der Waals surface area contributed by atoms with Crippen LogP contribution in [0.3, 0.4) is 0 Å². The predicted molar refractivity (Wildman–Crippen MR) is 85.2 cm³/mol. The van der Waals surface area contributed by atoms with E-state index in [0.29, 0.717) is 13.2 Å². The quantitative estimate of drug-likeness (QED) is 0.723. The van der Waals surface area contributed by atoms with Gasteiger partial charge in [-0.2, -0.15) is 5.10 Å². The van der Waals surface area contributed by atoms with E-state index >= 15 is 0 Å². The van der Waals surface area contributed by atoms with Crippen molar-refractivity contribution < 1.29 is 19.4 Å². The molecule has 1 aromatic carbocycles. The molecule has 0 aliphatic rings. The second kappa shape index (κ2) is 7.75. The second-order valence-electron chi connectivity index (χ2n) is 4.83. The zero-order valence-corrected chi connectivity index (χ0v) is 13.2. The monoisotopic (exact) mass is 319 g/mol. The Kier molecular flexibility index (Phi) is 5.72. The van der Waals surface area contributed by atoms with E-state index < -0.39 is 18.3 Å². The van der Waals surface area contributed by atoms with Crippen LogP contribution < -0.4 is 5.73 Å². The lowest BCUT2D eigenvalue weighted by molar-refractivity contribution is -0.156. The van der Waals surface area contributed by atoms with Gasteiger partial charge in [-0.1, -0.05) is 30.3 Å². The van der Waals surface area contributed by atoms with E-state index in [1.165, 1.54) is 10.9 Å². The molecule has 0 fully saturated rings. The van der Waals surface area contributed by atoms with Crippen molar-refractivity contribution in [3.05, 3.63) is 47.7 Å². The summed E-state index contributed by atoms with van der Waals surface area (Å²) in [5.74, 6) is -1.05. The fraction of sp³-hybridized carbons (Fsp3) is 0.375. The Labute approximate surface area is 134 Å². The summed E-state index contributed by atoms with van der Waals surface area (Å²) in [4.78, 5) is 11.2. The van der Waals surface area contributed by atoms with Gasteiger partial charge in [0.2, 0.25) is 0 Å². The maximum absolute atomic E-state index is 11.2. The summed E-state index contributed by atoms with van der Waals surface area (Å²) >= 11 is 0. The third kappa shape index (κ3) is 3.69. The molecule has 3 N–H and O–H groups in total. The molecule has 1 atom stereocenters. The van der Waals surface area contributed by atoms with Gasteiger partial charge in [-0.15, -0.1) is 0 Å². The van der Waals surface area contributed by atoms with E-state index in [4.69, 9.17) is 15.2 Å². The van der Waals surface area contributed by atoms with E-state index in [9.17, 15) is 9.90 Å². The number of hydrogen-bond donors (Lipinski definition) is 2. The Morgan fingerprint density at radius 3 is 2.35 bits per heavy atom. The Morgan fingerprint density at radius 2 is 1.87 bits per heavy atom. The number of rotatable bonds is 8. The van der Waals surface area contributed by atoms with E-state index in [-0.39, 0.29) is 11.4 Å². The molecule has 0 amide bonds. The molecule has 2 aromatic rings. The molecule has 124 valence electrons. The number of aromatic carboxylic acids is 1. The number of aromatic nitrogens is 2. The number of hydrogen-bond acceptors (Lipinski definition) is 5. The maximum atomic E-state index is 11.2. The average Bonchev–Trinajstić information content (AvgIpc) is 2.91. The summed E-state index contributed by atoms with van der Waals surface area (Å²) < 4.78 is 12.8. The number of nitrogens with zero attached hydrogens (tertiary/aromatic N) is 2. The van der Waals surface area contributed by atoms with Gasteiger partial charge in [-0.25, -0.2) is 9.48 Å². The van der Waals surface area contributed by atoms with E-state index in [1.54, 1.807) is 0 Å². The minimum atomic E-state index is -1.12. The first-order valence-electron chi connectivity index (χ1n) is 7.44. The molecule has 1 unspecified atom stereocenters. The van der Waals surface area contributed by atoms with Crippen LogP contribution in [-0.2, 0) is 9.47 Å². The number of nitrogen functional groups attached to an aromatic ring is 1. The molecular weight excluding hydrogens is 298 g/mol. The molecule has 0 bridgehead atoms. The number of carbonyl (C=O) groups is 1. The first-order chi connectivity index (χ1) is 11.1. The normalized spacial score (nSPS) is 12.5. The Morgan fingerprint density at radius 1 is 1.26 bits per heavy atom. The van der Waals surface area contributed by atoms with Gasteiger partial charge < -0.3 is 20.3 Å². The third-order valence-electron chi connectivity index (χ3n) is 3.39. The minimum absolute atomic E-state index is 0.0438. The summed E-state index contributed by atoms with van der Waals surface area (Å²) in [5.41, 5.74) is 6.80. The van der Waals surface area contributed by atoms with Gasteiger partial charge in [0.15, 0.2) is 6.29 Å². The van der Waals surface area contributed by atoms with E-state index in [1.807, 2.05) is 44.2 Å². The smallest absolute Gasteiger partial charge is 0.341 e. The zero-order valence-electron chi connectivity index (χ0n) is 13.2. The van der Waals surface area contributed by atoms with Gasteiger partial charge in [0, 0.05) is 13.2 Å². The van der Waals surface area contributed by atoms with Crippen LogP contribution in [-0.4, -0.2) is 40.4 Å². The molecule has 0 saturated carbocycles. The third-order valence-corrected chi connectivity index (χ3v) is 3.39. The summed E-state index contributed by atoms with van der Waals surface area (Å²) in [6.07, 6.45) is 0.610. The first-order valence-corrected chi connectivity index (χ1v) is 7.44. The SMILES string of the molecule is CCOC(OCC)C(c1ccccc1)n1ncc(C(=O)O)c1N. The number of carboxylic acids is 1. The molecule has 2 rings (SSSR count). The van der Waals surface area contributed by atoms with Crippen LogP contribution in [0.5, 0.6) is 0 Å². The Hall–Kier alpha value is -2.38. The number of carboxylic acid groups (broad SMARTS) is 1. The van der Waals surface area contributed by atoms with Gasteiger partial charge in [0.05, 0.1) is 6.20 Å². The first kappa shape index (κ1) is 17.0. The highest BCUT2D eigenvalue weighted by Gasteiger charge is 2.30. The van der Waals surface area contributed by atoms with Crippen LogP contribution in [0.4, 0.5) is 5.82 Å². The largest absolute Gasteiger partial charge is 0.477 e. The molecule has 0 aliphatic carbocycles. The molecule has 1 heterocycles. The highest BCUT2D eigenvalue weighted by Crippen LogP contribution is 2.28. The van der Waals surface area contributed by atoms with Crippen LogP contribution in [0, 0.1) is 0 Å². The zero-order chi connectivity index (χ0) is 16.8. The van der Waals surface area contributed by atoms with Gasteiger partial charge in [0.25, 0.3) is 0 Å². The summed E-state index contributed by atoms with van der Waals surface area (Å²) in [7, 11) is 0. The lowest BCUT2D eigenvalue weighted by Gasteiger charge is -2.28. The fourth-order valence-corrected chi connectivity index (χ4v) is 2.38. The summed E-state index contributed by atoms with van der Waals surface area (Å²) in [5, 5.41) is 13.3. The molecular formula is C16H21N3O4. The van der Waals surface area contributed by atoms with Crippen molar-refractivity contribution in [1.29, 1.82) is 0 Å². The minimum Gasteiger partial charge on any atom is -0.477 e. The topological polar surface area (TPSA) is 99.6 Å². The lowest BCUT2D eigenvalue weighted by atomic mass is 10.1. The highest BCUT2D eigenvalue weighted by molar-refractivity contribution is 5.92. The van der Waals surface area contributed by atoms with Crippen LogP contribution in [0.25, 0.3) is 0 Å². The van der Waals surface area contributed by atoms with Gasteiger partial charge in [0.1, 0.15) is 17.4 Å². The van der Waals surface area contributed by atoms with Crippen molar-refractivity contribution in [3.63, 3.8) is 0 Å². The Bertz CT molecular complexity index is 636. The van der Waals surface area contributed by atoms with Crippen molar-refractivity contribution >= 4 is 11.8 Å². The van der Waals surface area contributed by atoms with Crippen LogP contribution in [0.2, 0.25) is 0 Å². The molecule has 0 radical (unpaired) electrons. The molecule has 7 nitrogen and oxygen atoms in total. The Balaban J connectivity index is 2.51. The number of anilines is 1. The number of benzene rings is 1. The van der Waals surface area contributed by atoms with Gasteiger partial charge >= 0.3 is 5.97 Å². The molecule has 0 saturated heterocycles. The van der Waals surface area contributed by atoms with Crippen molar-refractivity contribution in [2.75, 3.05) is 18.9 Å². The molecule has 0 aliphatic heterocycles. The molecule has 0 spiro atoms. The van der Waals surface area contributed by atoms with Crippen molar-refractivity contribution in [3.8, 4) is 0 Å². The maximum Gasteiger partial charge on any atom is 0.341 e. The number of nitrogens with two attached hydrogens (primary N) is 1. The highest BCUT2D eigenvalue weighted by atomic mass is 16.7. The lowest BCUT2D eigenvalue weighted by Crippen LogP contribution is -2.32. The summed E-state index contributed by atoms with van der Waals surface area (Å²) in [6.45, 7) is 4.62. The summed E-state index contributed by atoms with van der Waals surface area (Å²) in [6, 6.07) is 8.98. The molecule has 1 aromatic heterocycles. The van der Waals surface area contributed by atoms with Crippen LogP contribution in [0.1, 0.15) is 35.8 Å². The second-order valence-corrected chi connectivity index (χ2v) is 4.83. The number of ether oxygens (including phenoxy) is 2. The van der Waals surface area contributed by atoms with Gasteiger partial charge in [-0.3, -0.25) is 0 Å². The van der Waals surface area contributed by atoms with E-state index in [2.05, 4.69) is 5.10 Å². The van der Waals surface area contributed by atoms with Gasteiger partial charge in [-0.05, 0) is 19.4 Å². The standard InChI is InChI=1S/C16H21N3O4/c1-3-22-16(23-4-2)13(11-8-6-5-7-9-11)19-14(17)12(10-18-19)15(20)21/h5-10,13,16H,3-4,17H2,1-2H3,(H,20,21). The van der Waals surface area contributed by atoms with Crippen molar-refractivity contribution in [2.45, 2.75) is 26.2 Å². The molecule has 23 heavy (non-hydrogen) atoms. The predicted octanol–water partition coefficient (Wildman–Crippen LogP) is 2.15. The van der Waals surface area contributed by atoms with Crippen LogP contribution in [0.15, 0.2) is 36.5 Å². The van der Waals surface area contributed by atoms with Crippen LogP contribution >= 0.6 is 0 Å². The fourth-order valence-electron chi connectivity index (χ4n) is 2.38.